The minimum atomic E-state index is -0.484. The summed E-state index contributed by atoms with van der Waals surface area (Å²) in [6.07, 6.45) is 0.190. The van der Waals surface area contributed by atoms with Crippen LogP contribution in [0.5, 0.6) is 11.5 Å². The number of rotatable bonds is 4. The maximum atomic E-state index is 10.0. The van der Waals surface area contributed by atoms with Crippen molar-refractivity contribution < 1.29 is 9.84 Å². The van der Waals surface area contributed by atoms with E-state index >= 15 is 0 Å². The number of hydrogen-bond donors (Lipinski definition) is 1. The molecule has 0 saturated carbocycles. The summed E-state index contributed by atoms with van der Waals surface area (Å²) in [5.41, 5.74) is 3.18. The molecule has 0 aliphatic rings. The van der Waals surface area contributed by atoms with E-state index < -0.39 is 6.10 Å². The van der Waals surface area contributed by atoms with Crippen LogP contribution in [0.15, 0.2) is 42.5 Å². The molecule has 2 aromatic rings. The van der Waals surface area contributed by atoms with Gasteiger partial charge in [-0.1, -0.05) is 31.2 Å². The Morgan fingerprint density at radius 1 is 1.05 bits per heavy atom. The predicted octanol–water partition coefficient (Wildman–Crippen LogP) is 4.54. The Kier molecular flexibility index (Phi) is 4.23. The van der Waals surface area contributed by atoms with Crippen molar-refractivity contribution in [3.8, 4) is 11.5 Å². The third-order valence-corrected chi connectivity index (χ3v) is 3.09. The van der Waals surface area contributed by atoms with Crippen molar-refractivity contribution in [3.63, 3.8) is 0 Å². The zero-order valence-corrected chi connectivity index (χ0v) is 11.7. The minimum absolute atomic E-state index is 0.484. The van der Waals surface area contributed by atoms with Crippen LogP contribution in [0, 0.1) is 13.8 Å². The molecule has 100 valence electrons. The van der Waals surface area contributed by atoms with Gasteiger partial charge in [-0.05, 0) is 49.6 Å². The second kappa shape index (κ2) is 5.89. The van der Waals surface area contributed by atoms with Crippen molar-refractivity contribution in [1.82, 2.24) is 0 Å². The summed E-state index contributed by atoms with van der Waals surface area (Å²) in [6.45, 7) is 6.05. The summed E-state index contributed by atoms with van der Waals surface area (Å²) < 4.78 is 5.93. The van der Waals surface area contributed by atoms with Gasteiger partial charge in [0.1, 0.15) is 11.5 Å². The lowest BCUT2D eigenvalue weighted by Crippen LogP contribution is -1.98. The predicted molar refractivity (Wildman–Crippen MR) is 77.7 cm³/mol. The van der Waals surface area contributed by atoms with Gasteiger partial charge in [-0.15, -0.1) is 0 Å². The molecule has 0 heterocycles. The highest BCUT2D eigenvalue weighted by Crippen LogP contribution is 2.31. The van der Waals surface area contributed by atoms with Crippen molar-refractivity contribution >= 4 is 0 Å². The van der Waals surface area contributed by atoms with Crippen LogP contribution in [0.4, 0.5) is 0 Å². The number of aliphatic hydroxyl groups excluding tert-OH is 1. The van der Waals surface area contributed by atoms with Gasteiger partial charge in [0.05, 0.1) is 6.10 Å². The topological polar surface area (TPSA) is 29.5 Å². The second-order valence-corrected chi connectivity index (χ2v) is 4.89. The molecular weight excluding hydrogens is 236 g/mol. The molecule has 0 amide bonds. The Morgan fingerprint density at radius 3 is 2.32 bits per heavy atom. The number of aliphatic hydroxyl groups is 1. The summed E-state index contributed by atoms with van der Waals surface area (Å²) in [5, 5.41) is 10.0. The van der Waals surface area contributed by atoms with Gasteiger partial charge in [-0.25, -0.2) is 0 Å². The highest BCUT2D eigenvalue weighted by atomic mass is 16.5. The Bertz CT molecular complexity index is 541. The fourth-order valence-corrected chi connectivity index (χ4v) is 2.19. The van der Waals surface area contributed by atoms with Gasteiger partial charge < -0.3 is 9.84 Å². The van der Waals surface area contributed by atoms with Gasteiger partial charge in [0.15, 0.2) is 0 Å². The van der Waals surface area contributed by atoms with Crippen LogP contribution < -0.4 is 4.74 Å². The smallest absolute Gasteiger partial charge is 0.133 e. The lowest BCUT2D eigenvalue weighted by atomic mass is 10.1. The number of hydrogen-bond acceptors (Lipinski definition) is 2. The van der Waals surface area contributed by atoms with Gasteiger partial charge in [0.25, 0.3) is 0 Å². The van der Waals surface area contributed by atoms with Crippen molar-refractivity contribution in [1.29, 1.82) is 0 Å². The lowest BCUT2D eigenvalue weighted by molar-refractivity contribution is 0.170. The van der Waals surface area contributed by atoms with Crippen LogP contribution in [0.25, 0.3) is 0 Å². The monoisotopic (exact) mass is 256 g/mol. The van der Waals surface area contributed by atoms with E-state index in [0.717, 1.165) is 17.1 Å². The Hall–Kier alpha value is -1.80. The molecule has 0 aliphatic heterocycles. The first-order valence-electron chi connectivity index (χ1n) is 6.63. The van der Waals surface area contributed by atoms with Crippen molar-refractivity contribution in [2.24, 2.45) is 0 Å². The van der Waals surface area contributed by atoms with Crippen molar-refractivity contribution in [3.05, 3.63) is 59.2 Å². The van der Waals surface area contributed by atoms with E-state index in [2.05, 4.69) is 6.07 Å². The molecule has 1 unspecified atom stereocenters. The highest BCUT2D eigenvalue weighted by Gasteiger charge is 2.11. The summed E-state index contributed by atoms with van der Waals surface area (Å²) in [7, 11) is 0. The second-order valence-electron chi connectivity index (χ2n) is 4.89. The molecule has 0 spiro atoms. The van der Waals surface area contributed by atoms with E-state index in [9.17, 15) is 5.11 Å². The van der Waals surface area contributed by atoms with E-state index in [1.54, 1.807) is 0 Å². The van der Waals surface area contributed by atoms with Gasteiger partial charge in [-0.2, -0.15) is 0 Å². The fourth-order valence-electron chi connectivity index (χ4n) is 2.19. The highest BCUT2D eigenvalue weighted by molar-refractivity contribution is 5.41. The average Bonchev–Trinajstić information content (AvgIpc) is 2.37. The van der Waals surface area contributed by atoms with Gasteiger partial charge in [0, 0.05) is 5.56 Å². The molecule has 2 heteroatoms. The molecule has 2 aromatic carbocycles. The molecule has 0 fully saturated rings. The van der Waals surface area contributed by atoms with E-state index in [4.69, 9.17) is 4.74 Å². The Balaban J connectivity index is 2.32. The fraction of sp³-hybridized carbons (Fsp3) is 0.294. The SMILES string of the molecule is CCC(O)c1ccccc1Oc1cc(C)cc(C)c1. The number of ether oxygens (including phenoxy) is 1. The molecule has 1 atom stereocenters. The van der Waals surface area contributed by atoms with Crippen LogP contribution >= 0.6 is 0 Å². The van der Waals surface area contributed by atoms with Gasteiger partial charge >= 0.3 is 0 Å². The Labute approximate surface area is 114 Å². The lowest BCUT2D eigenvalue weighted by Gasteiger charge is -2.15. The number of benzene rings is 2. The molecule has 1 N–H and O–H groups in total. The van der Waals surface area contributed by atoms with Crippen LogP contribution in [0.3, 0.4) is 0 Å². The molecule has 2 nitrogen and oxygen atoms in total. The van der Waals surface area contributed by atoms with E-state index in [-0.39, 0.29) is 0 Å². The maximum absolute atomic E-state index is 10.0. The first-order chi connectivity index (χ1) is 9.10. The zero-order chi connectivity index (χ0) is 13.8. The van der Waals surface area contributed by atoms with Crippen LogP contribution in [-0.2, 0) is 0 Å². The molecule has 0 saturated heterocycles. The third kappa shape index (κ3) is 3.36. The largest absolute Gasteiger partial charge is 0.457 e. The summed E-state index contributed by atoms with van der Waals surface area (Å²) in [5.74, 6) is 1.54. The average molecular weight is 256 g/mol. The molecule has 0 bridgehead atoms. The molecule has 0 radical (unpaired) electrons. The first kappa shape index (κ1) is 13.6. The van der Waals surface area contributed by atoms with Crippen LogP contribution in [-0.4, -0.2) is 5.11 Å². The van der Waals surface area contributed by atoms with Gasteiger partial charge in [-0.3, -0.25) is 0 Å². The molecule has 0 aliphatic carbocycles. The van der Waals surface area contributed by atoms with Crippen molar-refractivity contribution in [2.75, 3.05) is 0 Å². The van der Waals surface area contributed by atoms with E-state index in [1.807, 2.05) is 57.2 Å². The van der Waals surface area contributed by atoms with Gasteiger partial charge in [0.2, 0.25) is 0 Å². The Morgan fingerprint density at radius 2 is 1.68 bits per heavy atom. The number of para-hydroxylation sites is 1. The van der Waals surface area contributed by atoms with E-state index in [1.165, 1.54) is 11.1 Å². The zero-order valence-electron chi connectivity index (χ0n) is 11.7. The maximum Gasteiger partial charge on any atom is 0.133 e. The standard InChI is InChI=1S/C17H20O2/c1-4-16(18)15-7-5-6-8-17(15)19-14-10-12(2)9-13(3)11-14/h5-11,16,18H,4H2,1-3H3. The number of aryl methyl sites for hydroxylation is 2. The van der Waals surface area contributed by atoms with E-state index in [0.29, 0.717) is 6.42 Å². The summed E-state index contributed by atoms with van der Waals surface area (Å²) in [4.78, 5) is 0. The quantitative estimate of drug-likeness (QED) is 0.870. The first-order valence-corrected chi connectivity index (χ1v) is 6.63. The van der Waals surface area contributed by atoms with Crippen LogP contribution in [0.2, 0.25) is 0 Å². The van der Waals surface area contributed by atoms with Crippen LogP contribution in [0.1, 0.15) is 36.1 Å². The molecule has 0 aromatic heterocycles. The summed E-state index contributed by atoms with van der Waals surface area (Å²) >= 11 is 0. The summed E-state index contributed by atoms with van der Waals surface area (Å²) in [6, 6.07) is 13.8. The molecular formula is C17H20O2. The minimum Gasteiger partial charge on any atom is -0.457 e. The molecule has 19 heavy (non-hydrogen) atoms. The third-order valence-electron chi connectivity index (χ3n) is 3.09. The normalized spacial score (nSPS) is 12.2. The molecule has 2 rings (SSSR count). The van der Waals surface area contributed by atoms with Crippen molar-refractivity contribution in [2.45, 2.75) is 33.3 Å².